The minimum Gasteiger partial charge on any atom is -0.394 e. The number of allylic oxidation sites excluding steroid dienone is 10. The Morgan fingerprint density at radius 3 is 1.60 bits per heavy atom. The van der Waals surface area contributed by atoms with Gasteiger partial charge in [-0.3, -0.25) is 33.6 Å². The Hall–Kier alpha value is -4.98. The number of amides is 2. The molecule has 0 heterocycles. The molecule has 5 unspecified atom stereocenters. The fraction of sp³-hybridized carbons (Fsp3) is 0.759. The van der Waals surface area contributed by atoms with Gasteiger partial charge >= 0.3 is 6.18 Å². The van der Waals surface area contributed by atoms with Crippen molar-refractivity contribution >= 4 is 40.7 Å². The van der Waals surface area contributed by atoms with Crippen LogP contribution in [0.3, 0.4) is 0 Å². The van der Waals surface area contributed by atoms with Gasteiger partial charge in [0.2, 0.25) is 11.8 Å². The molecule has 15 nitrogen and oxygen atoms in total. The summed E-state index contributed by atoms with van der Waals surface area (Å²) in [6.07, 6.45) is 38.2. The summed E-state index contributed by atoms with van der Waals surface area (Å²) in [5.41, 5.74) is 2.59. The summed E-state index contributed by atoms with van der Waals surface area (Å²) in [5, 5.41) is 14.3. The molecule has 0 aromatic rings. The number of rotatable bonds is 43. The van der Waals surface area contributed by atoms with E-state index in [2.05, 4.69) is 64.3 Å². The van der Waals surface area contributed by atoms with Crippen molar-refractivity contribution in [3.05, 3.63) is 84.6 Å². The highest BCUT2D eigenvalue weighted by Crippen LogP contribution is 2.67. The number of aliphatic hydroxyl groups excluding tert-OH is 1. The van der Waals surface area contributed by atoms with Crippen molar-refractivity contribution < 1.29 is 75.5 Å². The van der Waals surface area contributed by atoms with Gasteiger partial charge in [-0.2, -0.15) is 13.2 Å². The lowest BCUT2D eigenvalue weighted by Crippen LogP contribution is -2.51. The summed E-state index contributed by atoms with van der Waals surface area (Å²) in [7, 11) is 0. The number of fused-ring (bicyclic) bond motifs is 5. The second-order valence-electron chi connectivity index (χ2n) is 31.5. The van der Waals surface area contributed by atoms with Crippen molar-refractivity contribution in [1.82, 2.24) is 10.6 Å². The lowest BCUT2D eigenvalue weighted by molar-refractivity contribution is -0.150. The van der Waals surface area contributed by atoms with E-state index in [4.69, 9.17) is 28.8 Å². The van der Waals surface area contributed by atoms with E-state index < -0.39 is 30.8 Å². The van der Waals surface area contributed by atoms with E-state index >= 15 is 0 Å². The molecule has 3 saturated carbocycles. The molecule has 18 heteroatoms. The van der Waals surface area contributed by atoms with Crippen molar-refractivity contribution in [2.75, 3.05) is 46.4 Å². The van der Waals surface area contributed by atoms with Crippen molar-refractivity contribution in [3.63, 3.8) is 0 Å². The Labute approximate surface area is 634 Å². The first-order valence-electron chi connectivity index (χ1n) is 39.9. The van der Waals surface area contributed by atoms with Gasteiger partial charge in [0.1, 0.15) is 37.0 Å². The maximum Gasteiger partial charge on any atom is 0.391 e. The molecule has 4 rings (SSSR count). The van der Waals surface area contributed by atoms with Gasteiger partial charge in [-0.05, 0) is 145 Å². The predicted octanol–water partition coefficient (Wildman–Crippen LogP) is 19.3. The number of halogens is 3. The summed E-state index contributed by atoms with van der Waals surface area (Å²) in [6.45, 7) is 43.6. The van der Waals surface area contributed by atoms with Gasteiger partial charge in [-0.15, -0.1) is 0 Å². The molecule has 12 atom stereocenters. The van der Waals surface area contributed by atoms with Crippen LogP contribution in [0.25, 0.3) is 0 Å². The van der Waals surface area contributed by atoms with Crippen LogP contribution in [0, 0.1) is 75.9 Å². The smallest absolute Gasteiger partial charge is 0.391 e. The lowest BCUT2D eigenvalue weighted by atomic mass is 9.47. The molecule has 0 radical (unpaired) electrons. The number of hydrogen-bond donors (Lipinski definition) is 3. The predicted molar refractivity (Wildman–Crippen MR) is 421 cm³/mol. The van der Waals surface area contributed by atoms with Crippen LogP contribution >= 0.6 is 0 Å². The van der Waals surface area contributed by atoms with Crippen LogP contribution in [-0.2, 0) is 57.2 Å². The third-order valence-electron chi connectivity index (χ3n) is 21.1. The Kier molecular flexibility index (Phi) is 52.8. The van der Waals surface area contributed by atoms with Crippen LogP contribution in [0.1, 0.15) is 267 Å². The van der Waals surface area contributed by atoms with E-state index in [1.165, 1.54) is 57.8 Å². The topological polar surface area (TPSA) is 210 Å². The van der Waals surface area contributed by atoms with E-state index in [1.807, 2.05) is 112 Å². The molecule has 0 aliphatic heterocycles. The Bertz CT molecular complexity index is 2690. The van der Waals surface area contributed by atoms with Crippen LogP contribution < -0.4 is 10.6 Å². The fourth-order valence-electron chi connectivity index (χ4n) is 14.4. The normalized spacial score (nSPS) is 22.4. The van der Waals surface area contributed by atoms with Crippen molar-refractivity contribution in [3.8, 4) is 0 Å². The minimum atomic E-state index is -4.19. The summed E-state index contributed by atoms with van der Waals surface area (Å²) in [6, 6.07) is -1.35. The highest BCUT2D eigenvalue weighted by atomic mass is 19.4. The fourth-order valence-corrected chi connectivity index (χ4v) is 14.4. The van der Waals surface area contributed by atoms with Crippen LogP contribution in [0.5, 0.6) is 0 Å². The molecule has 604 valence electrons. The zero-order chi connectivity index (χ0) is 79.9. The Morgan fingerprint density at radius 2 is 1.12 bits per heavy atom. The number of ketones is 5. The Morgan fingerprint density at radius 1 is 0.610 bits per heavy atom. The molecular formula is C87H147F3N2O13. The zero-order valence-corrected chi connectivity index (χ0v) is 69.1. The van der Waals surface area contributed by atoms with E-state index in [-0.39, 0.29) is 129 Å². The Balaban J connectivity index is 0.00000136. The number of Topliss-reactive ketones (excluding diaryl/α,β-unsaturated/α-hetero) is 5. The number of aliphatic hydroxyl groups is 1. The SMILES string of the molecule is CC(C)CCC[C@@H](C)C1CCC2[C@@H]3CC=C4C[C@@H](OCOCC(=O)C(C)C)CC[C@]4(C)C3CC[C@@]21C.CC=CC=CCC(=O)N[C@@H](CO)C(=O)C(C)C.CC=CC=CCC(=O)N[C@@H](COCC)C(=O)C(C)C.CC=CC=CCCOC(CC)CC(=O)C(C)C.CCC(CC(=O)C(C)C)OCCC(F)(F)F. The van der Waals surface area contributed by atoms with Crippen molar-refractivity contribution in [2.24, 2.45) is 75.9 Å². The molecule has 2 amide bonds. The van der Waals surface area contributed by atoms with Crippen molar-refractivity contribution in [1.29, 1.82) is 0 Å². The molecule has 3 fully saturated rings. The maximum atomic E-state index is 11.9. The first-order valence-corrected chi connectivity index (χ1v) is 39.9. The summed E-state index contributed by atoms with van der Waals surface area (Å²) in [5.74, 6) is 4.91. The average Bonchev–Trinajstić information content (AvgIpc) is 1.67. The molecule has 0 aromatic heterocycles. The molecule has 3 N–H and O–H groups in total. The minimum absolute atomic E-state index is 0.000710. The average molecular weight is 1490 g/mol. The molecular weight excluding hydrogens is 1340 g/mol. The molecule has 4 aliphatic rings. The highest BCUT2D eigenvalue weighted by Gasteiger charge is 2.59. The third-order valence-corrected chi connectivity index (χ3v) is 21.1. The summed E-state index contributed by atoms with van der Waals surface area (Å²) < 4.78 is 63.2. The number of carbonyl (C=O) groups is 7. The molecule has 0 bridgehead atoms. The zero-order valence-electron chi connectivity index (χ0n) is 69.1. The van der Waals surface area contributed by atoms with Gasteiger partial charge in [0.05, 0.1) is 51.2 Å². The van der Waals surface area contributed by atoms with Gasteiger partial charge in [0.15, 0.2) is 17.3 Å². The third kappa shape index (κ3) is 40.9. The largest absolute Gasteiger partial charge is 0.394 e. The lowest BCUT2D eigenvalue weighted by Gasteiger charge is -2.58. The number of carbonyl (C=O) groups excluding carboxylic acids is 7. The van der Waals surface area contributed by atoms with Crippen LogP contribution in [-0.4, -0.2) is 129 Å². The monoisotopic (exact) mass is 1490 g/mol. The molecule has 105 heavy (non-hydrogen) atoms. The van der Waals surface area contributed by atoms with E-state index in [9.17, 15) is 46.7 Å². The molecule has 0 aromatic carbocycles. The summed E-state index contributed by atoms with van der Waals surface area (Å²) >= 11 is 0. The van der Waals surface area contributed by atoms with Gasteiger partial charge < -0.3 is 39.4 Å². The number of hydrogen-bond acceptors (Lipinski definition) is 13. The highest BCUT2D eigenvalue weighted by molar-refractivity contribution is 5.91. The number of alkyl halides is 3. The van der Waals surface area contributed by atoms with Crippen molar-refractivity contribution in [2.45, 2.75) is 304 Å². The first-order chi connectivity index (χ1) is 49.5. The maximum absolute atomic E-state index is 11.9. The van der Waals surface area contributed by atoms with Crippen LogP contribution in [0.4, 0.5) is 13.2 Å². The van der Waals surface area contributed by atoms with Gasteiger partial charge in [0.25, 0.3) is 0 Å². The van der Waals surface area contributed by atoms with Gasteiger partial charge in [-0.25, -0.2) is 0 Å². The quantitative estimate of drug-likeness (QED) is 0.0225. The van der Waals surface area contributed by atoms with Crippen LogP contribution in [0.2, 0.25) is 0 Å². The van der Waals surface area contributed by atoms with Gasteiger partial charge in [0, 0.05) is 61.9 Å². The molecule has 4 aliphatic carbocycles. The second kappa shape index (κ2) is 55.4. The number of nitrogens with one attached hydrogen (secondary N) is 2. The van der Waals surface area contributed by atoms with E-state index in [1.54, 1.807) is 64.5 Å². The van der Waals surface area contributed by atoms with E-state index in [0.717, 1.165) is 61.2 Å². The van der Waals surface area contributed by atoms with E-state index in [0.29, 0.717) is 42.7 Å². The molecule has 0 saturated heterocycles. The molecule has 0 spiro atoms. The number of ether oxygens (including phenoxy) is 5. The van der Waals surface area contributed by atoms with Gasteiger partial charge in [-0.1, -0.05) is 222 Å². The standard InChI is InChI=1S/C33H56O3.C15H25NO3.C15H26O2.C13H21NO3.C11H19F3O2/c1-22(2)9-8-10-24(5)28-13-14-29-27-12-11-25-19-26(36-21-35-20-31(34)23(3)4)15-17-32(25,6)30(27)16-18-33(28,29)7;1-5-7-8-9-10-14(17)16-13(11-19-6-2)15(18)12(3)4;1-5-7-8-9-10-11-17-14(6-2)12-15(16)13(3)4;1-4-5-6-7-8-12(16)14-11(9-15)13(17)10(2)3;1-4-9(7-10(15)8(2)3)16-6-5-11(12,13)14/h11,22-24,26-30H,8-10,12-21H2,1-7H3;5,7-9,12-13H,6,10-11H2,1-4H3,(H,16,17);5,7-9,13-14H,6,10-12H2,1-4H3;4-7,10-11,15H,8-9H2,1-3H3,(H,14,16);8-9H,4-7H2,1-3H3/t24-,26+,27+,28?,29?,30?,32+,33-;13-;;11-;/m10.0./s1. The first kappa shape index (κ1) is 100. The van der Waals surface area contributed by atoms with Crippen LogP contribution in [0.15, 0.2) is 84.6 Å². The second-order valence-corrected chi connectivity index (χ2v) is 31.5. The summed E-state index contributed by atoms with van der Waals surface area (Å²) in [4.78, 5) is 81.4.